The molecule has 44 heavy (non-hydrogen) atoms. The van der Waals surface area contributed by atoms with Crippen molar-refractivity contribution in [2.45, 2.75) is 61.6 Å². The van der Waals surface area contributed by atoms with Crippen molar-refractivity contribution in [2.75, 3.05) is 25.7 Å². The monoisotopic (exact) mass is 612 g/mol. The van der Waals surface area contributed by atoms with Crippen molar-refractivity contribution in [3.8, 4) is 5.75 Å². The normalized spacial score (nSPS) is 27.2. The first kappa shape index (κ1) is 30.4. The van der Waals surface area contributed by atoms with E-state index >= 15 is 0 Å². The van der Waals surface area contributed by atoms with Crippen molar-refractivity contribution in [3.63, 3.8) is 0 Å². The molecule has 7 rings (SSSR count). The van der Waals surface area contributed by atoms with Crippen molar-refractivity contribution < 1.29 is 24.2 Å². The zero-order valence-corrected chi connectivity index (χ0v) is 26.3. The van der Waals surface area contributed by atoms with Gasteiger partial charge in [-0.3, -0.25) is 9.59 Å². The molecular weight excluding hydrogens is 572 g/mol. The van der Waals surface area contributed by atoms with Crippen LogP contribution < -0.4 is 10.1 Å². The van der Waals surface area contributed by atoms with Gasteiger partial charge in [0.1, 0.15) is 11.8 Å². The van der Waals surface area contributed by atoms with Crippen LogP contribution in [0.4, 0.5) is 0 Å². The molecular formula is C36H40N2O5S. The third kappa shape index (κ3) is 4.57. The van der Waals surface area contributed by atoms with E-state index in [-0.39, 0.29) is 29.9 Å². The van der Waals surface area contributed by atoms with Gasteiger partial charge in [0.15, 0.2) is 5.78 Å². The number of benzene rings is 3. The SMILES string of the molecule is COc1ccccc1CC(=O)C1NCC2(N(C(C)=O)[C@@H](CCSC)C(=O)O)C3CCC(c4ccccc4)(c4ccccc43)C12. The Balaban J connectivity index is 1.60. The fourth-order valence-electron chi connectivity index (χ4n) is 9.01. The second-order valence-electron chi connectivity index (χ2n) is 12.3. The van der Waals surface area contributed by atoms with Gasteiger partial charge >= 0.3 is 5.97 Å². The van der Waals surface area contributed by atoms with E-state index in [1.165, 1.54) is 12.5 Å². The Morgan fingerprint density at radius 1 is 1.05 bits per heavy atom. The molecule has 1 amide bonds. The number of nitrogens with one attached hydrogen (secondary N) is 1. The molecule has 0 radical (unpaired) electrons. The van der Waals surface area contributed by atoms with E-state index in [1.807, 2.05) is 54.8 Å². The molecule has 1 saturated heterocycles. The van der Waals surface area contributed by atoms with E-state index in [0.717, 1.165) is 29.5 Å². The van der Waals surface area contributed by atoms with Crippen molar-refractivity contribution in [1.29, 1.82) is 0 Å². The number of fused-ring (bicyclic) bond motifs is 1. The van der Waals surface area contributed by atoms with E-state index in [1.54, 1.807) is 23.8 Å². The van der Waals surface area contributed by atoms with Gasteiger partial charge in [0.25, 0.3) is 0 Å². The topological polar surface area (TPSA) is 95.9 Å². The van der Waals surface area contributed by atoms with Crippen LogP contribution in [0, 0.1) is 5.92 Å². The van der Waals surface area contributed by atoms with Crippen molar-refractivity contribution in [3.05, 3.63) is 101 Å². The van der Waals surface area contributed by atoms with Gasteiger partial charge in [0, 0.05) is 42.7 Å². The average Bonchev–Trinajstić information content (AvgIpc) is 3.46. The lowest BCUT2D eigenvalue weighted by molar-refractivity contribution is -0.163. The summed E-state index contributed by atoms with van der Waals surface area (Å²) in [6, 6.07) is 24.7. The molecule has 1 heterocycles. The predicted octanol–water partition coefficient (Wildman–Crippen LogP) is 5.07. The van der Waals surface area contributed by atoms with E-state index in [4.69, 9.17) is 4.74 Å². The van der Waals surface area contributed by atoms with Gasteiger partial charge in [-0.25, -0.2) is 4.79 Å². The van der Waals surface area contributed by atoms with Crippen LogP contribution in [0.5, 0.6) is 5.75 Å². The van der Waals surface area contributed by atoms with Gasteiger partial charge in [-0.1, -0.05) is 72.8 Å². The van der Waals surface area contributed by atoms with Gasteiger partial charge < -0.3 is 20.1 Å². The van der Waals surface area contributed by atoms with Gasteiger partial charge in [0.2, 0.25) is 5.91 Å². The zero-order valence-electron chi connectivity index (χ0n) is 25.5. The van der Waals surface area contributed by atoms with Crippen LogP contribution >= 0.6 is 11.8 Å². The quantitative estimate of drug-likeness (QED) is 0.312. The van der Waals surface area contributed by atoms with Crippen LogP contribution in [0.15, 0.2) is 78.9 Å². The summed E-state index contributed by atoms with van der Waals surface area (Å²) in [7, 11) is 1.61. The highest BCUT2D eigenvalue weighted by atomic mass is 32.2. The Hall–Kier alpha value is -3.62. The highest BCUT2D eigenvalue weighted by Crippen LogP contribution is 2.67. The van der Waals surface area contributed by atoms with Gasteiger partial charge in [-0.05, 0) is 54.0 Å². The largest absolute Gasteiger partial charge is 0.496 e. The molecule has 1 saturated carbocycles. The van der Waals surface area contributed by atoms with Crippen LogP contribution in [0.1, 0.15) is 54.4 Å². The molecule has 5 unspecified atom stereocenters. The van der Waals surface area contributed by atoms with Crippen molar-refractivity contribution >= 4 is 29.4 Å². The molecule has 4 aliphatic rings. The van der Waals surface area contributed by atoms with Gasteiger partial charge in [0.05, 0.1) is 18.7 Å². The number of para-hydroxylation sites is 1. The van der Waals surface area contributed by atoms with Crippen LogP contribution in [0.25, 0.3) is 0 Å². The fraction of sp³-hybridized carbons (Fsp3) is 0.417. The Bertz CT molecular complexity index is 1560. The highest BCUT2D eigenvalue weighted by Gasteiger charge is 2.72. The predicted molar refractivity (Wildman–Crippen MR) is 172 cm³/mol. The summed E-state index contributed by atoms with van der Waals surface area (Å²) < 4.78 is 5.59. The van der Waals surface area contributed by atoms with Crippen molar-refractivity contribution in [2.24, 2.45) is 5.92 Å². The highest BCUT2D eigenvalue weighted by molar-refractivity contribution is 7.98. The van der Waals surface area contributed by atoms with Gasteiger partial charge in [-0.15, -0.1) is 0 Å². The molecule has 3 aliphatic carbocycles. The summed E-state index contributed by atoms with van der Waals surface area (Å²) in [6.07, 6.45) is 4.04. The number of methoxy groups -OCH3 is 1. The summed E-state index contributed by atoms with van der Waals surface area (Å²) in [5.41, 5.74) is 2.71. The Morgan fingerprint density at radius 3 is 2.45 bits per heavy atom. The first-order chi connectivity index (χ1) is 21.3. The minimum absolute atomic E-state index is 0.0150. The summed E-state index contributed by atoms with van der Waals surface area (Å²) in [6.45, 7) is 1.84. The lowest BCUT2D eigenvalue weighted by Crippen LogP contribution is -2.73. The van der Waals surface area contributed by atoms with Crippen LogP contribution in [0.3, 0.4) is 0 Å². The third-order valence-corrected chi connectivity index (χ3v) is 11.1. The molecule has 230 valence electrons. The Kier molecular flexibility index (Phi) is 8.33. The summed E-state index contributed by atoms with van der Waals surface area (Å²) in [5, 5.41) is 14.3. The Morgan fingerprint density at radius 2 is 1.75 bits per heavy atom. The lowest BCUT2D eigenvalue weighted by Gasteiger charge is -2.65. The minimum atomic E-state index is -1.01. The fourth-order valence-corrected chi connectivity index (χ4v) is 9.47. The lowest BCUT2D eigenvalue weighted by atomic mass is 9.43. The average molecular weight is 613 g/mol. The molecule has 2 bridgehead atoms. The van der Waals surface area contributed by atoms with E-state index < -0.39 is 29.0 Å². The molecule has 8 heteroatoms. The Labute approximate surface area is 263 Å². The number of thioether (sulfide) groups is 1. The number of ketones is 1. The first-order valence-electron chi connectivity index (χ1n) is 15.4. The van der Waals surface area contributed by atoms with Crippen LogP contribution in [-0.4, -0.2) is 71.0 Å². The molecule has 2 fully saturated rings. The zero-order chi connectivity index (χ0) is 31.1. The maximum atomic E-state index is 14.6. The second kappa shape index (κ2) is 12.1. The standard InChI is InChI=1S/C36H40N2O5S/c1-23(39)38(29(34(41)42)18-20-44-3)36-22-37-32(30(40)21-24-11-7-10-16-31(24)43-2)33(36)35(25-12-5-4-6-13-25)19-17-28(36)26-14-8-9-15-27(26)35/h4-16,28-29,32-33,37H,17-22H2,1-3H3,(H,41,42)/t28?,29-,32?,33?,35?,36?/m0/s1. The molecule has 0 spiro atoms. The number of carboxylic acids is 1. The van der Waals surface area contributed by atoms with E-state index in [2.05, 4.69) is 35.6 Å². The number of hydrogen-bond donors (Lipinski definition) is 2. The number of ether oxygens (including phenoxy) is 1. The number of nitrogens with zero attached hydrogens (tertiary/aromatic N) is 1. The maximum Gasteiger partial charge on any atom is 0.326 e. The summed E-state index contributed by atoms with van der Waals surface area (Å²) in [5.74, 6) is -0.492. The number of carbonyl (C=O) groups is 3. The number of hydrogen-bond acceptors (Lipinski definition) is 6. The number of aliphatic carboxylic acids is 1. The molecule has 6 atom stereocenters. The first-order valence-corrected chi connectivity index (χ1v) is 16.7. The molecule has 3 aromatic rings. The van der Waals surface area contributed by atoms with E-state index in [0.29, 0.717) is 24.5 Å². The van der Waals surface area contributed by atoms with Crippen LogP contribution in [-0.2, 0) is 26.2 Å². The molecule has 7 nitrogen and oxygen atoms in total. The van der Waals surface area contributed by atoms with E-state index in [9.17, 15) is 19.5 Å². The maximum absolute atomic E-state index is 14.6. The minimum Gasteiger partial charge on any atom is -0.496 e. The number of carboxylic acid groups (broad SMARTS) is 1. The molecule has 2 N–H and O–H groups in total. The number of rotatable bonds is 11. The number of Topliss-reactive ketones (excluding diaryl/α,β-unsaturated/α-hetero) is 1. The number of carbonyl (C=O) groups excluding carboxylic acids is 2. The second-order valence-corrected chi connectivity index (χ2v) is 13.3. The van der Waals surface area contributed by atoms with Gasteiger partial charge in [-0.2, -0.15) is 11.8 Å². The summed E-state index contributed by atoms with van der Waals surface area (Å²) in [4.78, 5) is 43.2. The molecule has 1 aliphatic heterocycles. The molecule has 3 aromatic carbocycles. The summed E-state index contributed by atoms with van der Waals surface area (Å²) >= 11 is 1.57. The van der Waals surface area contributed by atoms with Crippen LogP contribution in [0.2, 0.25) is 0 Å². The van der Waals surface area contributed by atoms with Crippen molar-refractivity contribution in [1.82, 2.24) is 10.2 Å². The molecule has 0 aromatic heterocycles. The smallest absolute Gasteiger partial charge is 0.326 e. The number of amides is 1. The third-order valence-electron chi connectivity index (χ3n) is 10.4.